The van der Waals surface area contributed by atoms with Crippen LogP contribution in [0.5, 0.6) is 0 Å². The number of benzene rings is 1. The zero-order valence-corrected chi connectivity index (χ0v) is 10.2. The van der Waals surface area contributed by atoms with Crippen LogP contribution in [0.4, 0.5) is 18.9 Å². The second-order valence-electron chi connectivity index (χ2n) is 3.93. The topological polar surface area (TPSA) is 29.1 Å². The highest BCUT2D eigenvalue weighted by Gasteiger charge is 2.20. The molecule has 1 aromatic rings. The van der Waals surface area contributed by atoms with Crippen molar-refractivity contribution < 1.29 is 18.0 Å². The predicted molar refractivity (Wildman–Crippen MR) is 62.6 cm³/mol. The molecule has 0 saturated carbocycles. The molecule has 0 aliphatic heterocycles. The normalized spacial score (nSPS) is 12.6. The zero-order chi connectivity index (χ0) is 13.2. The van der Waals surface area contributed by atoms with Crippen LogP contribution < -0.4 is 5.32 Å². The monoisotopic (exact) mass is 263 g/mol. The molecule has 0 fully saturated rings. The summed E-state index contributed by atoms with van der Waals surface area (Å²) in [7, 11) is 0. The summed E-state index contributed by atoms with van der Waals surface area (Å²) in [6.45, 7) is 3.50. The predicted octanol–water partition coefficient (Wildman–Crippen LogP) is 3.00. The van der Waals surface area contributed by atoms with Gasteiger partial charge in [-0.2, -0.15) is 12.6 Å². The van der Waals surface area contributed by atoms with Gasteiger partial charge in [0.2, 0.25) is 5.91 Å². The first-order valence-corrected chi connectivity index (χ1v) is 5.48. The molecule has 0 radical (unpaired) electrons. The number of rotatable bonds is 3. The van der Waals surface area contributed by atoms with E-state index in [4.69, 9.17) is 0 Å². The van der Waals surface area contributed by atoms with Crippen molar-refractivity contribution in [2.75, 3.05) is 5.32 Å². The van der Waals surface area contributed by atoms with Gasteiger partial charge < -0.3 is 5.32 Å². The molecule has 6 heteroatoms. The Morgan fingerprint density at radius 2 is 1.88 bits per heavy atom. The van der Waals surface area contributed by atoms with Gasteiger partial charge in [-0.05, 0) is 5.92 Å². The maximum absolute atomic E-state index is 13.2. The minimum absolute atomic E-state index is 0.0835. The van der Waals surface area contributed by atoms with Crippen LogP contribution >= 0.6 is 12.6 Å². The molecule has 0 aliphatic rings. The molecule has 2 nitrogen and oxygen atoms in total. The standard InChI is InChI=1S/C11H12F3NOS/c1-5(2)10(17)11(16)15-8-4-6(12)3-7(13)9(8)14/h3-5,10,17H,1-2H3,(H,15,16). The Hall–Kier alpha value is -1.17. The van der Waals surface area contributed by atoms with Gasteiger partial charge in [-0.3, -0.25) is 4.79 Å². The van der Waals surface area contributed by atoms with Gasteiger partial charge in [0, 0.05) is 12.1 Å². The summed E-state index contributed by atoms with van der Waals surface area (Å²) in [5.41, 5.74) is -0.521. The molecule has 1 unspecified atom stereocenters. The Bertz CT molecular complexity index is 437. The molecule has 1 rings (SSSR count). The first kappa shape index (κ1) is 13.9. The van der Waals surface area contributed by atoms with E-state index in [1.54, 1.807) is 13.8 Å². The van der Waals surface area contributed by atoms with Gasteiger partial charge in [0.1, 0.15) is 5.82 Å². The lowest BCUT2D eigenvalue weighted by atomic mass is 10.1. The van der Waals surface area contributed by atoms with Crippen LogP contribution in [0.1, 0.15) is 13.8 Å². The quantitative estimate of drug-likeness (QED) is 0.637. The van der Waals surface area contributed by atoms with Crippen molar-refractivity contribution in [3.05, 3.63) is 29.6 Å². The fourth-order valence-corrected chi connectivity index (χ4v) is 1.22. The molecular weight excluding hydrogens is 251 g/mol. The molecule has 0 bridgehead atoms. The van der Waals surface area contributed by atoms with Gasteiger partial charge in [0.15, 0.2) is 11.6 Å². The Morgan fingerprint density at radius 1 is 1.29 bits per heavy atom. The van der Waals surface area contributed by atoms with Gasteiger partial charge in [0.25, 0.3) is 0 Å². The summed E-state index contributed by atoms with van der Waals surface area (Å²) in [6.07, 6.45) is 0. The molecule has 0 aliphatic carbocycles. The summed E-state index contributed by atoms with van der Waals surface area (Å²) in [5, 5.41) is 1.42. The molecule has 0 spiro atoms. The van der Waals surface area contributed by atoms with E-state index in [1.165, 1.54) is 0 Å². The van der Waals surface area contributed by atoms with E-state index in [1.807, 2.05) is 0 Å². The van der Waals surface area contributed by atoms with E-state index in [-0.39, 0.29) is 5.92 Å². The van der Waals surface area contributed by atoms with Crippen LogP contribution in [-0.2, 0) is 4.79 Å². The average Bonchev–Trinajstić information content (AvgIpc) is 2.23. The van der Waals surface area contributed by atoms with E-state index in [2.05, 4.69) is 17.9 Å². The van der Waals surface area contributed by atoms with Gasteiger partial charge in [-0.15, -0.1) is 0 Å². The Morgan fingerprint density at radius 3 is 2.41 bits per heavy atom. The lowest BCUT2D eigenvalue weighted by Crippen LogP contribution is -2.28. The van der Waals surface area contributed by atoms with Gasteiger partial charge in [-0.25, -0.2) is 13.2 Å². The lowest BCUT2D eigenvalue weighted by molar-refractivity contribution is -0.116. The minimum Gasteiger partial charge on any atom is -0.322 e. The molecule has 94 valence electrons. The molecule has 0 heterocycles. The third-order valence-corrected chi connectivity index (χ3v) is 2.98. The molecule has 1 aromatic carbocycles. The number of nitrogens with one attached hydrogen (secondary N) is 1. The van der Waals surface area contributed by atoms with Crippen LogP contribution in [-0.4, -0.2) is 11.2 Å². The number of carbonyl (C=O) groups excluding carboxylic acids is 1. The minimum atomic E-state index is -1.35. The summed E-state index contributed by atoms with van der Waals surface area (Å²) < 4.78 is 38.9. The molecule has 1 atom stereocenters. The molecule has 0 saturated heterocycles. The van der Waals surface area contributed by atoms with E-state index in [0.717, 1.165) is 6.07 Å². The van der Waals surface area contributed by atoms with Crippen LogP contribution in [0.15, 0.2) is 12.1 Å². The van der Waals surface area contributed by atoms with Crippen LogP contribution in [0.2, 0.25) is 0 Å². The second kappa shape index (κ2) is 5.44. The fourth-order valence-electron chi connectivity index (χ4n) is 1.16. The number of anilines is 1. The zero-order valence-electron chi connectivity index (χ0n) is 9.30. The maximum atomic E-state index is 13.2. The average molecular weight is 263 g/mol. The van der Waals surface area contributed by atoms with Crippen LogP contribution in [0.25, 0.3) is 0 Å². The maximum Gasteiger partial charge on any atom is 0.237 e. The molecule has 0 aromatic heterocycles. The van der Waals surface area contributed by atoms with Crippen LogP contribution in [0, 0.1) is 23.4 Å². The van der Waals surface area contributed by atoms with E-state index in [9.17, 15) is 18.0 Å². The van der Waals surface area contributed by atoms with Crippen molar-refractivity contribution in [1.82, 2.24) is 0 Å². The first-order valence-electron chi connectivity index (χ1n) is 4.96. The molecule has 17 heavy (non-hydrogen) atoms. The fraction of sp³-hybridized carbons (Fsp3) is 0.364. The number of hydrogen-bond donors (Lipinski definition) is 2. The third kappa shape index (κ3) is 3.39. The highest BCUT2D eigenvalue weighted by Crippen LogP contribution is 2.20. The van der Waals surface area contributed by atoms with Crippen molar-refractivity contribution in [2.45, 2.75) is 19.1 Å². The first-order chi connectivity index (χ1) is 7.82. The summed E-state index contributed by atoms with van der Waals surface area (Å²) in [6, 6.07) is 1.13. The largest absolute Gasteiger partial charge is 0.322 e. The number of halogens is 3. The van der Waals surface area contributed by atoms with E-state index < -0.39 is 34.3 Å². The lowest BCUT2D eigenvalue weighted by Gasteiger charge is -2.15. The Labute approximate surface area is 103 Å². The van der Waals surface area contributed by atoms with Crippen molar-refractivity contribution >= 4 is 24.2 Å². The third-order valence-electron chi connectivity index (χ3n) is 2.15. The SMILES string of the molecule is CC(C)C(S)C(=O)Nc1cc(F)cc(F)c1F. The number of carbonyl (C=O) groups is 1. The Balaban J connectivity index is 2.92. The van der Waals surface area contributed by atoms with Gasteiger partial charge in [-0.1, -0.05) is 13.8 Å². The van der Waals surface area contributed by atoms with E-state index in [0.29, 0.717) is 6.07 Å². The van der Waals surface area contributed by atoms with Gasteiger partial charge >= 0.3 is 0 Å². The highest BCUT2D eigenvalue weighted by molar-refractivity contribution is 7.81. The van der Waals surface area contributed by atoms with Crippen molar-refractivity contribution in [1.29, 1.82) is 0 Å². The molecule has 1 amide bonds. The summed E-state index contributed by atoms with van der Waals surface area (Å²) in [5.74, 6) is -4.28. The van der Waals surface area contributed by atoms with Crippen LogP contribution in [0.3, 0.4) is 0 Å². The van der Waals surface area contributed by atoms with E-state index >= 15 is 0 Å². The second-order valence-corrected chi connectivity index (χ2v) is 4.48. The smallest absolute Gasteiger partial charge is 0.237 e. The summed E-state index contributed by atoms with van der Waals surface area (Å²) >= 11 is 4.01. The number of thiol groups is 1. The number of amides is 1. The number of hydrogen-bond acceptors (Lipinski definition) is 2. The Kier molecular flexibility index (Phi) is 4.45. The molecule has 1 N–H and O–H groups in total. The van der Waals surface area contributed by atoms with Crippen molar-refractivity contribution in [3.8, 4) is 0 Å². The summed E-state index contributed by atoms with van der Waals surface area (Å²) in [4.78, 5) is 11.5. The van der Waals surface area contributed by atoms with Gasteiger partial charge in [0.05, 0.1) is 10.9 Å². The van der Waals surface area contributed by atoms with Crippen molar-refractivity contribution in [2.24, 2.45) is 5.92 Å². The van der Waals surface area contributed by atoms with Crippen molar-refractivity contribution in [3.63, 3.8) is 0 Å². The highest BCUT2D eigenvalue weighted by atomic mass is 32.1. The molecular formula is C11H12F3NOS.